The van der Waals surface area contributed by atoms with Crippen LogP contribution in [0.15, 0.2) is 60.7 Å². The number of benzene rings is 2. The van der Waals surface area contributed by atoms with Crippen molar-refractivity contribution in [2.75, 3.05) is 10.6 Å². The zero-order valence-corrected chi connectivity index (χ0v) is 14.3. The Morgan fingerprint density at radius 3 is 2.52 bits per heavy atom. The predicted molar refractivity (Wildman–Crippen MR) is 99.7 cm³/mol. The highest BCUT2D eigenvalue weighted by Gasteiger charge is 2.09. The second-order valence-corrected chi connectivity index (χ2v) is 5.92. The maximum Gasteiger partial charge on any atom is 0.276 e. The molecule has 0 saturated heterocycles. The van der Waals surface area contributed by atoms with E-state index in [0.717, 1.165) is 11.3 Å². The van der Waals surface area contributed by atoms with Crippen LogP contribution in [0.25, 0.3) is 0 Å². The third-order valence-electron chi connectivity index (χ3n) is 3.85. The molecule has 0 radical (unpaired) electrons. The number of aryl methyl sites for hydroxylation is 2. The summed E-state index contributed by atoms with van der Waals surface area (Å²) in [5.41, 5.74) is 4.44. The molecule has 3 rings (SSSR count). The first-order chi connectivity index (χ1) is 12.1. The van der Waals surface area contributed by atoms with Crippen molar-refractivity contribution in [3.8, 4) is 0 Å². The Morgan fingerprint density at radius 2 is 1.80 bits per heavy atom. The van der Waals surface area contributed by atoms with Gasteiger partial charge in [-0.2, -0.15) is 0 Å². The highest BCUT2D eigenvalue weighted by Crippen LogP contribution is 2.14. The standard InChI is InChI=1S/C20H20N4O/c1-14-6-5-8-16(12-14)13-21-19-11-10-18(23-24-19)20(25)22-17-9-4-3-7-15(17)2/h3-12H,13H2,1-2H3,(H,21,24)(H,22,25). The zero-order valence-electron chi connectivity index (χ0n) is 14.3. The minimum absolute atomic E-state index is 0.271. The van der Waals surface area contributed by atoms with Crippen LogP contribution in [0.5, 0.6) is 0 Å². The summed E-state index contributed by atoms with van der Waals surface area (Å²) in [7, 11) is 0. The Bertz CT molecular complexity index is 875. The highest BCUT2D eigenvalue weighted by atomic mass is 16.1. The molecule has 25 heavy (non-hydrogen) atoms. The van der Waals surface area contributed by atoms with Crippen molar-refractivity contribution < 1.29 is 4.79 Å². The number of para-hydroxylation sites is 1. The summed E-state index contributed by atoms with van der Waals surface area (Å²) in [5.74, 6) is 0.362. The molecule has 0 bridgehead atoms. The second kappa shape index (κ2) is 7.57. The number of carbonyl (C=O) groups excluding carboxylic acids is 1. The lowest BCUT2D eigenvalue weighted by atomic mass is 10.1. The van der Waals surface area contributed by atoms with E-state index in [9.17, 15) is 4.79 Å². The Hall–Kier alpha value is -3.21. The second-order valence-electron chi connectivity index (χ2n) is 5.92. The number of hydrogen-bond acceptors (Lipinski definition) is 4. The number of nitrogens with one attached hydrogen (secondary N) is 2. The van der Waals surface area contributed by atoms with E-state index in [1.54, 1.807) is 12.1 Å². The van der Waals surface area contributed by atoms with E-state index in [1.807, 2.05) is 37.3 Å². The van der Waals surface area contributed by atoms with Crippen LogP contribution in [-0.4, -0.2) is 16.1 Å². The monoisotopic (exact) mass is 332 g/mol. The topological polar surface area (TPSA) is 66.9 Å². The van der Waals surface area contributed by atoms with Crippen LogP contribution in [0, 0.1) is 13.8 Å². The molecular formula is C20H20N4O. The van der Waals surface area contributed by atoms with Crippen molar-refractivity contribution >= 4 is 17.4 Å². The third-order valence-corrected chi connectivity index (χ3v) is 3.85. The summed E-state index contributed by atoms with van der Waals surface area (Å²) < 4.78 is 0. The summed E-state index contributed by atoms with van der Waals surface area (Å²) in [6.45, 7) is 4.66. The number of aromatic nitrogens is 2. The lowest BCUT2D eigenvalue weighted by molar-refractivity contribution is 0.102. The van der Waals surface area contributed by atoms with Crippen molar-refractivity contribution in [3.05, 3.63) is 83.0 Å². The molecule has 2 N–H and O–H groups in total. The lowest BCUT2D eigenvalue weighted by Crippen LogP contribution is -2.15. The van der Waals surface area contributed by atoms with Gasteiger partial charge in [-0.1, -0.05) is 48.0 Å². The Balaban J connectivity index is 1.61. The Labute approximate surface area is 147 Å². The van der Waals surface area contributed by atoms with E-state index < -0.39 is 0 Å². The van der Waals surface area contributed by atoms with Gasteiger partial charge in [-0.3, -0.25) is 4.79 Å². The fourth-order valence-electron chi connectivity index (χ4n) is 2.46. The zero-order chi connectivity index (χ0) is 17.6. The van der Waals surface area contributed by atoms with Crippen LogP contribution in [0.1, 0.15) is 27.2 Å². The number of carbonyl (C=O) groups is 1. The molecule has 0 aliphatic carbocycles. The SMILES string of the molecule is Cc1cccc(CNc2ccc(C(=O)Nc3ccccc3C)nn2)c1. The van der Waals surface area contributed by atoms with E-state index in [1.165, 1.54) is 11.1 Å². The van der Waals surface area contributed by atoms with Gasteiger partial charge in [0.25, 0.3) is 5.91 Å². The molecule has 0 aliphatic heterocycles. The minimum Gasteiger partial charge on any atom is -0.365 e. The summed E-state index contributed by atoms with van der Waals surface area (Å²) in [4.78, 5) is 12.3. The van der Waals surface area contributed by atoms with E-state index in [2.05, 4.69) is 46.0 Å². The van der Waals surface area contributed by atoms with Crippen molar-refractivity contribution in [2.24, 2.45) is 0 Å². The molecule has 0 unspecified atom stereocenters. The molecule has 0 fully saturated rings. The molecule has 1 aromatic heterocycles. The van der Waals surface area contributed by atoms with E-state index in [4.69, 9.17) is 0 Å². The fraction of sp³-hybridized carbons (Fsp3) is 0.150. The molecule has 2 aromatic carbocycles. The first-order valence-corrected chi connectivity index (χ1v) is 8.12. The summed E-state index contributed by atoms with van der Waals surface area (Å²) >= 11 is 0. The maximum atomic E-state index is 12.3. The first-order valence-electron chi connectivity index (χ1n) is 8.12. The molecular weight excluding hydrogens is 312 g/mol. The molecule has 5 nitrogen and oxygen atoms in total. The number of anilines is 2. The average Bonchev–Trinajstić information content (AvgIpc) is 2.62. The van der Waals surface area contributed by atoms with Crippen molar-refractivity contribution in [1.82, 2.24) is 10.2 Å². The van der Waals surface area contributed by atoms with Crippen LogP contribution in [-0.2, 0) is 6.54 Å². The minimum atomic E-state index is -0.271. The molecule has 126 valence electrons. The number of amides is 1. The highest BCUT2D eigenvalue weighted by molar-refractivity contribution is 6.03. The molecule has 0 saturated carbocycles. The molecule has 3 aromatic rings. The first kappa shape index (κ1) is 16.6. The van der Waals surface area contributed by atoms with Crippen molar-refractivity contribution in [1.29, 1.82) is 0 Å². The normalized spacial score (nSPS) is 10.3. The number of rotatable bonds is 5. The van der Waals surface area contributed by atoms with E-state index >= 15 is 0 Å². The maximum absolute atomic E-state index is 12.3. The number of hydrogen-bond donors (Lipinski definition) is 2. The van der Waals surface area contributed by atoms with Gasteiger partial charge in [-0.25, -0.2) is 0 Å². The van der Waals surface area contributed by atoms with Gasteiger partial charge >= 0.3 is 0 Å². The molecule has 5 heteroatoms. The predicted octanol–water partition coefficient (Wildman–Crippen LogP) is 3.96. The quantitative estimate of drug-likeness (QED) is 0.742. The smallest absolute Gasteiger partial charge is 0.276 e. The van der Waals surface area contributed by atoms with Gasteiger partial charge in [-0.15, -0.1) is 10.2 Å². The van der Waals surface area contributed by atoms with Gasteiger partial charge in [0.1, 0.15) is 5.82 Å². The van der Waals surface area contributed by atoms with Gasteiger partial charge in [0.05, 0.1) is 0 Å². The average molecular weight is 332 g/mol. The van der Waals surface area contributed by atoms with Crippen LogP contribution in [0.2, 0.25) is 0 Å². The van der Waals surface area contributed by atoms with Gasteiger partial charge < -0.3 is 10.6 Å². The number of nitrogens with zero attached hydrogens (tertiary/aromatic N) is 2. The molecule has 0 atom stereocenters. The largest absolute Gasteiger partial charge is 0.365 e. The van der Waals surface area contributed by atoms with Crippen molar-refractivity contribution in [3.63, 3.8) is 0 Å². The Morgan fingerprint density at radius 1 is 0.960 bits per heavy atom. The summed E-state index contributed by atoms with van der Waals surface area (Å²) in [6, 6.07) is 19.3. The van der Waals surface area contributed by atoms with Gasteiger partial charge in [-0.05, 0) is 43.2 Å². The van der Waals surface area contributed by atoms with Crippen molar-refractivity contribution in [2.45, 2.75) is 20.4 Å². The molecule has 0 aliphatic rings. The molecule has 1 heterocycles. The van der Waals surface area contributed by atoms with Crippen LogP contribution in [0.4, 0.5) is 11.5 Å². The van der Waals surface area contributed by atoms with Gasteiger partial charge in [0, 0.05) is 12.2 Å². The summed E-state index contributed by atoms with van der Waals surface area (Å²) in [5, 5.41) is 14.1. The van der Waals surface area contributed by atoms with E-state index in [0.29, 0.717) is 12.4 Å². The third kappa shape index (κ3) is 4.41. The molecule has 0 spiro atoms. The summed E-state index contributed by atoms with van der Waals surface area (Å²) in [6.07, 6.45) is 0. The van der Waals surface area contributed by atoms with Gasteiger partial charge in [0.2, 0.25) is 0 Å². The molecule has 1 amide bonds. The Kier molecular flexibility index (Phi) is 5.04. The van der Waals surface area contributed by atoms with Crippen LogP contribution >= 0.6 is 0 Å². The lowest BCUT2D eigenvalue weighted by Gasteiger charge is -2.08. The van der Waals surface area contributed by atoms with Gasteiger partial charge in [0.15, 0.2) is 5.69 Å². The van der Waals surface area contributed by atoms with E-state index in [-0.39, 0.29) is 11.6 Å². The van der Waals surface area contributed by atoms with Crippen LogP contribution < -0.4 is 10.6 Å². The van der Waals surface area contributed by atoms with Crippen LogP contribution in [0.3, 0.4) is 0 Å². The fourth-order valence-corrected chi connectivity index (χ4v) is 2.46.